The van der Waals surface area contributed by atoms with E-state index in [0.717, 1.165) is 36.6 Å². The number of amides is 1. The first kappa shape index (κ1) is 16.1. The fourth-order valence-electron chi connectivity index (χ4n) is 3.23. The number of rotatable bonds is 4. The van der Waals surface area contributed by atoms with Crippen LogP contribution in [-0.2, 0) is 11.2 Å². The summed E-state index contributed by atoms with van der Waals surface area (Å²) < 4.78 is 1.71. The van der Waals surface area contributed by atoms with E-state index in [9.17, 15) is 4.79 Å². The minimum absolute atomic E-state index is 0.0807. The third-order valence-corrected chi connectivity index (χ3v) is 5.32. The van der Waals surface area contributed by atoms with E-state index in [0.29, 0.717) is 17.9 Å². The van der Waals surface area contributed by atoms with Crippen LogP contribution in [0.2, 0.25) is 0 Å². The van der Waals surface area contributed by atoms with Gasteiger partial charge in [0.05, 0.1) is 5.69 Å². The van der Waals surface area contributed by atoms with Gasteiger partial charge in [-0.15, -0.1) is 21.5 Å². The lowest BCUT2D eigenvalue weighted by Crippen LogP contribution is -2.39. The van der Waals surface area contributed by atoms with Gasteiger partial charge in [-0.1, -0.05) is 6.92 Å². The summed E-state index contributed by atoms with van der Waals surface area (Å²) in [5.74, 6) is 0.787. The van der Waals surface area contributed by atoms with Crippen molar-refractivity contribution in [1.29, 1.82) is 0 Å². The number of thiazole rings is 1. The Morgan fingerprint density at radius 2 is 2.08 bits per heavy atom. The first-order valence-corrected chi connectivity index (χ1v) is 9.50. The molecule has 0 bridgehead atoms. The Bertz CT molecular complexity index is 869. The van der Waals surface area contributed by atoms with Gasteiger partial charge in [0.15, 0.2) is 10.7 Å². The van der Waals surface area contributed by atoms with Crippen molar-refractivity contribution < 1.29 is 4.79 Å². The van der Waals surface area contributed by atoms with Gasteiger partial charge in [0, 0.05) is 37.0 Å². The highest BCUT2D eigenvalue weighted by molar-refractivity contribution is 7.13. The monoisotopic (exact) mass is 356 g/mol. The number of nitrogens with zero attached hydrogens (tertiary/aromatic N) is 6. The maximum atomic E-state index is 12.6. The molecule has 0 aliphatic carbocycles. The number of piperidine rings is 1. The van der Waals surface area contributed by atoms with Crippen LogP contribution in [-0.4, -0.2) is 48.7 Å². The van der Waals surface area contributed by atoms with E-state index in [4.69, 9.17) is 0 Å². The molecule has 0 N–H and O–H groups in total. The molecular weight excluding hydrogens is 336 g/mol. The maximum Gasteiger partial charge on any atom is 0.225 e. The first-order chi connectivity index (χ1) is 12.2. The summed E-state index contributed by atoms with van der Waals surface area (Å²) in [7, 11) is 0. The van der Waals surface area contributed by atoms with Crippen molar-refractivity contribution in [2.75, 3.05) is 13.1 Å². The smallest absolute Gasteiger partial charge is 0.225 e. The van der Waals surface area contributed by atoms with Crippen LogP contribution in [0.15, 0.2) is 23.7 Å². The predicted molar refractivity (Wildman–Crippen MR) is 95.2 cm³/mol. The molecule has 1 aliphatic heterocycles. The molecule has 1 amide bonds. The number of aromatic nitrogens is 5. The Hall–Kier alpha value is -2.35. The third kappa shape index (κ3) is 3.26. The van der Waals surface area contributed by atoms with Gasteiger partial charge in [0.25, 0.3) is 0 Å². The molecule has 0 radical (unpaired) electrons. The predicted octanol–water partition coefficient (Wildman–Crippen LogP) is 2.44. The zero-order chi connectivity index (χ0) is 17.2. The first-order valence-electron chi connectivity index (χ1n) is 8.62. The Balaban J connectivity index is 1.55. The molecule has 1 saturated heterocycles. The second-order valence-electron chi connectivity index (χ2n) is 6.45. The van der Waals surface area contributed by atoms with Crippen LogP contribution < -0.4 is 0 Å². The molecule has 0 spiro atoms. The molecule has 1 aliphatic rings. The SMILES string of the molecule is C[C@H](Cc1ccc2nnc(-c3nccs3)n2n1)C(=O)N1CCCCC1. The number of carbonyl (C=O) groups is 1. The van der Waals surface area contributed by atoms with Crippen molar-refractivity contribution in [2.24, 2.45) is 5.92 Å². The lowest BCUT2D eigenvalue weighted by atomic mass is 10.0. The zero-order valence-electron chi connectivity index (χ0n) is 14.1. The number of hydrogen-bond donors (Lipinski definition) is 0. The van der Waals surface area contributed by atoms with E-state index in [1.807, 2.05) is 29.3 Å². The van der Waals surface area contributed by atoms with Gasteiger partial charge in [-0.05, 0) is 31.4 Å². The van der Waals surface area contributed by atoms with Crippen molar-refractivity contribution >= 4 is 22.9 Å². The van der Waals surface area contributed by atoms with Crippen molar-refractivity contribution in [1.82, 2.24) is 29.7 Å². The number of hydrogen-bond acceptors (Lipinski definition) is 6. The summed E-state index contributed by atoms with van der Waals surface area (Å²) in [5, 5.41) is 15.7. The van der Waals surface area contributed by atoms with Gasteiger partial charge in [-0.3, -0.25) is 4.79 Å². The molecule has 7 nitrogen and oxygen atoms in total. The highest BCUT2D eigenvalue weighted by Gasteiger charge is 2.23. The van der Waals surface area contributed by atoms with Gasteiger partial charge in [0.2, 0.25) is 11.7 Å². The minimum atomic E-state index is -0.0807. The van der Waals surface area contributed by atoms with Crippen LogP contribution in [0.5, 0.6) is 0 Å². The summed E-state index contributed by atoms with van der Waals surface area (Å²) in [4.78, 5) is 18.9. The molecule has 25 heavy (non-hydrogen) atoms. The molecule has 1 atom stereocenters. The van der Waals surface area contributed by atoms with Crippen molar-refractivity contribution in [3.63, 3.8) is 0 Å². The Kier molecular flexibility index (Phi) is 4.44. The van der Waals surface area contributed by atoms with E-state index in [1.165, 1.54) is 17.8 Å². The molecule has 4 heterocycles. The van der Waals surface area contributed by atoms with Crippen LogP contribution in [0.1, 0.15) is 31.9 Å². The molecule has 1 fully saturated rings. The van der Waals surface area contributed by atoms with Crippen molar-refractivity contribution in [2.45, 2.75) is 32.6 Å². The van der Waals surface area contributed by atoms with Crippen molar-refractivity contribution in [3.05, 3.63) is 29.4 Å². The standard InChI is InChI=1S/C17H20N6OS/c1-12(17(24)22-8-3-2-4-9-22)11-13-5-6-14-19-20-15(23(14)21-13)16-18-7-10-25-16/h5-7,10,12H,2-4,8-9,11H2,1H3/t12-/m1/s1. The number of fused-ring (bicyclic) bond motifs is 1. The van der Waals surface area contributed by atoms with E-state index in [2.05, 4.69) is 20.3 Å². The molecule has 0 unspecified atom stereocenters. The van der Waals surface area contributed by atoms with Gasteiger partial charge >= 0.3 is 0 Å². The van der Waals surface area contributed by atoms with Gasteiger partial charge in [-0.25, -0.2) is 4.98 Å². The average molecular weight is 356 g/mol. The van der Waals surface area contributed by atoms with Crippen LogP contribution >= 0.6 is 11.3 Å². The average Bonchev–Trinajstić information content (AvgIpc) is 3.30. The molecule has 3 aromatic rings. The second-order valence-corrected chi connectivity index (χ2v) is 7.34. The Labute approximate surface area is 149 Å². The van der Waals surface area contributed by atoms with Crippen LogP contribution in [0.3, 0.4) is 0 Å². The summed E-state index contributed by atoms with van der Waals surface area (Å²) in [6.45, 7) is 3.75. The van der Waals surface area contributed by atoms with E-state index in [-0.39, 0.29) is 11.8 Å². The molecular formula is C17H20N6OS. The quantitative estimate of drug-likeness (QED) is 0.718. The summed E-state index contributed by atoms with van der Waals surface area (Å²) in [6, 6.07) is 3.82. The molecule has 3 aromatic heterocycles. The Morgan fingerprint density at radius 1 is 1.24 bits per heavy atom. The zero-order valence-corrected chi connectivity index (χ0v) is 14.9. The van der Waals surface area contributed by atoms with Crippen LogP contribution in [0.4, 0.5) is 0 Å². The normalized spacial score (nSPS) is 16.3. The summed E-state index contributed by atoms with van der Waals surface area (Å²) in [6.07, 6.45) is 5.80. The molecule has 8 heteroatoms. The molecule has 0 saturated carbocycles. The summed E-state index contributed by atoms with van der Waals surface area (Å²) in [5.41, 5.74) is 1.55. The number of likely N-dealkylation sites (tertiary alicyclic amines) is 1. The van der Waals surface area contributed by atoms with E-state index in [1.54, 1.807) is 10.7 Å². The summed E-state index contributed by atoms with van der Waals surface area (Å²) >= 11 is 1.50. The fourth-order valence-corrected chi connectivity index (χ4v) is 3.83. The van der Waals surface area contributed by atoms with E-state index < -0.39 is 0 Å². The fraction of sp³-hybridized carbons (Fsp3) is 0.471. The van der Waals surface area contributed by atoms with Gasteiger partial charge < -0.3 is 4.90 Å². The largest absolute Gasteiger partial charge is 0.342 e. The molecule has 4 rings (SSSR count). The highest BCUT2D eigenvalue weighted by atomic mass is 32.1. The van der Waals surface area contributed by atoms with Crippen molar-refractivity contribution in [3.8, 4) is 10.8 Å². The lowest BCUT2D eigenvalue weighted by molar-refractivity contribution is -0.135. The van der Waals surface area contributed by atoms with Gasteiger partial charge in [0.1, 0.15) is 0 Å². The lowest BCUT2D eigenvalue weighted by Gasteiger charge is -2.29. The number of carbonyl (C=O) groups excluding carboxylic acids is 1. The topological polar surface area (TPSA) is 76.3 Å². The van der Waals surface area contributed by atoms with E-state index >= 15 is 0 Å². The van der Waals surface area contributed by atoms with Crippen LogP contribution in [0.25, 0.3) is 16.5 Å². The minimum Gasteiger partial charge on any atom is -0.342 e. The Morgan fingerprint density at radius 3 is 2.84 bits per heavy atom. The molecule has 0 aromatic carbocycles. The third-order valence-electron chi connectivity index (χ3n) is 4.55. The van der Waals surface area contributed by atoms with Crippen LogP contribution in [0, 0.1) is 5.92 Å². The molecule has 130 valence electrons. The highest BCUT2D eigenvalue weighted by Crippen LogP contribution is 2.20. The maximum absolute atomic E-state index is 12.6. The second kappa shape index (κ2) is 6.87. The van der Waals surface area contributed by atoms with Gasteiger partial charge in [-0.2, -0.15) is 9.61 Å².